The van der Waals surface area contributed by atoms with Gasteiger partial charge in [0.2, 0.25) is 0 Å². The van der Waals surface area contributed by atoms with Crippen molar-refractivity contribution in [2.45, 2.75) is 24.7 Å². The maximum Gasteiger partial charge on any atom is 0.337 e. The molecule has 0 aliphatic carbocycles. The van der Waals surface area contributed by atoms with Crippen molar-refractivity contribution in [1.29, 1.82) is 4.78 Å². The van der Waals surface area contributed by atoms with Gasteiger partial charge in [-0.05, 0) is 30.7 Å². The number of hydrogen-bond acceptors (Lipinski definition) is 6. The van der Waals surface area contributed by atoms with E-state index < -0.39 is 15.9 Å². The molecule has 2 aromatic carbocycles. The number of methoxy groups -OCH3 is 1. The van der Waals surface area contributed by atoms with Crippen molar-refractivity contribution < 1.29 is 18.5 Å². The van der Waals surface area contributed by atoms with Crippen molar-refractivity contribution in [1.82, 2.24) is 4.31 Å². The molecule has 1 unspecified atom stereocenters. The molecule has 1 atom stereocenters. The van der Waals surface area contributed by atoms with Crippen molar-refractivity contribution in [3.05, 3.63) is 48.0 Å². The summed E-state index contributed by atoms with van der Waals surface area (Å²) in [5.41, 5.74) is 0.704. The lowest BCUT2D eigenvalue weighted by atomic mass is 10.1. The third-order valence-corrected chi connectivity index (χ3v) is 6.03. The van der Waals surface area contributed by atoms with Crippen LogP contribution in [-0.4, -0.2) is 42.2 Å². The lowest BCUT2D eigenvalue weighted by Crippen LogP contribution is -2.22. The third-order valence-electron chi connectivity index (χ3n) is 4.10. The number of carbonyl (C=O) groups excluding carboxylic acids is 1. The van der Waals surface area contributed by atoms with E-state index in [1.54, 1.807) is 32.3 Å². The highest BCUT2D eigenvalue weighted by atomic mass is 32.2. The van der Waals surface area contributed by atoms with Crippen LogP contribution in [0.4, 0.5) is 5.69 Å². The fraction of sp³-hybridized carbons (Fsp3) is 0.350. The molecule has 152 valence electrons. The number of esters is 1. The number of rotatable bonds is 9. The molecule has 7 nitrogen and oxygen atoms in total. The predicted octanol–water partition coefficient (Wildman–Crippen LogP) is 4.36. The van der Waals surface area contributed by atoms with E-state index in [2.05, 4.69) is 12.2 Å². The fourth-order valence-corrected chi connectivity index (χ4v) is 3.57. The highest BCUT2D eigenvalue weighted by Crippen LogP contribution is 2.39. The third kappa shape index (κ3) is 5.02. The molecule has 0 heterocycles. The van der Waals surface area contributed by atoms with Gasteiger partial charge in [0, 0.05) is 20.6 Å². The van der Waals surface area contributed by atoms with Crippen molar-refractivity contribution in [2.75, 3.05) is 33.1 Å². The number of anilines is 1. The molecular weight excluding hydrogens is 378 g/mol. The summed E-state index contributed by atoms with van der Waals surface area (Å²) in [7, 11) is 1.00. The van der Waals surface area contributed by atoms with Gasteiger partial charge >= 0.3 is 5.97 Å². The molecule has 2 aromatic rings. The normalized spacial score (nSPS) is 13.0. The zero-order chi connectivity index (χ0) is 20.7. The van der Waals surface area contributed by atoms with E-state index in [1.807, 2.05) is 18.2 Å². The molecule has 0 fully saturated rings. The minimum Gasteiger partial charge on any atom is -0.465 e. The average molecular weight is 406 g/mol. The number of unbranched alkanes of at least 4 members (excludes halogenated alkanes) is 1. The topological polar surface area (TPSA) is 91.7 Å². The largest absolute Gasteiger partial charge is 0.465 e. The SMILES string of the molecule is CCCCNc1cc(C(=O)OC)cc(S(=N)(=O)N(C)C)c1Oc1ccccc1. The van der Waals surface area contributed by atoms with E-state index in [0.29, 0.717) is 18.0 Å². The lowest BCUT2D eigenvalue weighted by Gasteiger charge is -2.22. The molecule has 0 spiro atoms. The minimum atomic E-state index is -3.38. The number of hydrogen-bond donors (Lipinski definition) is 2. The minimum absolute atomic E-state index is 0.114. The molecular formula is C20H27N3O4S. The summed E-state index contributed by atoms with van der Waals surface area (Å²) in [5, 5.41) is 3.25. The first-order valence-electron chi connectivity index (χ1n) is 9.00. The number of para-hydroxylation sites is 1. The van der Waals surface area contributed by atoms with Gasteiger partial charge in [0.15, 0.2) is 5.75 Å². The first kappa shape index (κ1) is 21.7. The summed E-state index contributed by atoms with van der Waals surface area (Å²) in [6.07, 6.45) is 1.89. The van der Waals surface area contributed by atoms with Crippen LogP contribution in [0.5, 0.6) is 11.5 Å². The van der Waals surface area contributed by atoms with Crippen LogP contribution < -0.4 is 10.1 Å². The Hall–Kier alpha value is -2.58. The van der Waals surface area contributed by atoms with Crippen LogP contribution in [0.15, 0.2) is 47.4 Å². The van der Waals surface area contributed by atoms with Gasteiger partial charge in [-0.1, -0.05) is 31.5 Å². The molecule has 0 aliphatic heterocycles. The molecule has 2 N–H and O–H groups in total. The number of benzene rings is 2. The highest BCUT2D eigenvalue weighted by Gasteiger charge is 2.25. The van der Waals surface area contributed by atoms with Gasteiger partial charge in [-0.15, -0.1) is 0 Å². The zero-order valence-electron chi connectivity index (χ0n) is 16.7. The number of ether oxygens (including phenoxy) is 2. The van der Waals surface area contributed by atoms with Crippen molar-refractivity contribution >= 4 is 21.6 Å². The zero-order valence-corrected chi connectivity index (χ0v) is 17.5. The van der Waals surface area contributed by atoms with Crippen LogP contribution in [-0.2, 0) is 14.7 Å². The summed E-state index contributed by atoms with van der Waals surface area (Å²) < 4.78 is 33.8. The van der Waals surface area contributed by atoms with Gasteiger partial charge in [0.25, 0.3) is 0 Å². The number of nitrogens with zero attached hydrogens (tertiary/aromatic N) is 1. The van der Waals surface area contributed by atoms with Gasteiger partial charge in [-0.3, -0.25) is 0 Å². The number of carbonyl (C=O) groups is 1. The van der Waals surface area contributed by atoms with Crippen LogP contribution in [0.25, 0.3) is 0 Å². The summed E-state index contributed by atoms with van der Waals surface area (Å²) in [6, 6.07) is 12.1. The highest BCUT2D eigenvalue weighted by molar-refractivity contribution is 7.90. The van der Waals surface area contributed by atoms with Gasteiger partial charge in [-0.25, -0.2) is 18.1 Å². The number of nitrogens with one attached hydrogen (secondary N) is 2. The molecule has 0 radical (unpaired) electrons. The van der Waals surface area contributed by atoms with Gasteiger partial charge in [0.1, 0.15) is 20.6 Å². The molecule has 2 rings (SSSR count). The maximum atomic E-state index is 13.2. The molecule has 0 bridgehead atoms. The predicted molar refractivity (Wildman–Crippen MR) is 111 cm³/mol. The van der Waals surface area contributed by atoms with Crippen molar-refractivity contribution in [3.63, 3.8) is 0 Å². The van der Waals surface area contributed by atoms with E-state index >= 15 is 0 Å². The Kier molecular flexibility index (Phi) is 7.42. The van der Waals surface area contributed by atoms with Gasteiger partial charge < -0.3 is 14.8 Å². The summed E-state index contributed by atoms with van der Waals surface area (Å²) in [5.74, 6) is 0.241. The van der Waals surface area contributed by atoms with Gasteiger partial charge in [-0.2, -0.15) is 0 Å². The van der Waals surface area contributed by atoms with Crippen molar-refractivity contribution in [2.24, 2.45) is 0 Å². The molecule has 8 heteroatoms. The lowest BCUT2D eigenvalue weighted by molar-refractivity contribution is 0.0600. The summed E-state index contributed by atoms with van der Waals surface area (Å²) in [4.78, 5) is 12.3. The fourth-order valence-electron chi connectivity index (χ4n) is 2.48. The molecule has 0 saturated carbocycles. The van der Waals surface area contributed by atoms with Crippen LogP contribution >= 0.6 is 0 Å². The van der Waals surface area contributed by atoms with E-state index in [0.717, 1.165) is 12.8 Å². The summed E-state index contributed by atoms with van der Waals surface area (Å²) >= 11 is 0. The Balaban J connectivity index is 2.69. The second kappa shape index (κ2) is 9.57. The van der Waals surface area contributed by atoms with E-state index in [1.165, 1.54) is 17.5 Å². The van der Waals surface area contributed by atoms with Crippen LogP contribution in [0.3, 0.4) is 0 Å². The Labute approximate surface area is 166 Å². The second-order valence-electron chi connectivity index (χ2n) is 6.38. The molecule has 0 aromatic heterocycles. The Morgan fingerprint density at radius 2 is 1.89 bits per heavy atom. The van der Waals surface area contributed by atoms with Gasteiger partial charge in [0.05, 0.1) is 18.4 Å². The quantitative estimate of drug-likeness (QED) is 0.478. The first-order valence-corrected chi connectivity index (χ1v) is 10.5. The maximum absolute atomic E-state index is 13.2. The van der Waals surface area contributed by atoms with E-state index in [4.69, 9.17) is 14.3 Å². The van der Waals surface area contributed by atoms with Crippen LogP contribution in [0.1, 0.15) is 30.1 Å². The monoisotopic (exact) mass is 405 g/mol. The first-order chi connectivity index (χ1) is 13.3. The van der Waals surface area contributed by atoms with Crippen molar-refractivity contribution in [3.8, 4) is 11.5 Å². The van der Waals surface area contributed by atoms with E-state index in [9.17, 15) is 9.00 Å². The second-order valence-corrected chi connectivity index (χ2v) is 8.60. The molecule has 0 amide bonds. The molecule has 0 aliphatic rings. The Bertz CT molecular complexity index is 913. The summed E-state index contributed by atoms with van der Waals surface area (Å²) in [6.45, 7) is 2.72. The Morgan fingerprint density at radius 3 is 2.46 bits per heavy atom. The van der Waals surface area contributed by atoms with E-state index in [-0.39, 0.29) is 16.2 Å². The standard InChI is InChI=1S/C20H27N3O4S/c1-5-6-12-22-17-13-15(20(24)26-4)14-18(28(21,25)23(2)3)19(17)27-16-10-8-7-9-11-16/h7-11,13-14,21-22H,5-6,12H2,1-4H3. The van der Waals surface area contributed by atoms with Crippen LogP contribution in [0.2, 0.25) is 0 Å². The Morgan fingerprint density at radius 1 is 1.21 bits per heavy atom. The smallest absolute Gasteiger partial charge is 0.337 e. The molecule has 0 saturated heterocycles. The van der Waals surface area contributed by atoms with Crippen LogP contribution in [0, 0.1) is 4.78 Å². The molecule has 28 heavy (non-hydrogen) atoms. The average Bonchev–Trinajstić information content (AvgIpc) is 2.69.